The first-order valence-electron chi connectivity index (χ1n) is 10.4. The number of esters is 1. The molecule has 1 amide bonds. The maximum Gasteiger partial charge on any atom is 0.324 e. The fourth-order valence-corrected chi connectivity index (χ4v) is 6.07. The highest BCUT2D eigenvalue weighted by Crippen LogP contribution is 2.31. The molecular weight excluding hydrogens is 432 g/mol. The van der Waals surface area contributed by atoms with Gasteiger partial charge >= 0.3 is 5.97 Å². The fraction of sp³-hybridized carbons (Fsp3) is 0.545. The first-order valence-corrected chi connectivity index (χ1v) is 11.9. The lowest BCUT2D eigenvalue weighted by atomic mass is 10.1. The maximum absolute atomic E-state index is 13.4. The number of hydrogen-bond acceptors (Lipinski definition) is 7. The summed E-state index contributed by atoms with van der Waals surface area (Å²) in [5, 5.41) is 17.5. The number of rotatable bonds is 9. The summed E-state index contributed by atoms with van der Waals surface area (Å²) in [5.74, 6) is -1.30. The first-order chi connectivity index (χ1) is 15.1. The first kappa shape index (κ1) is 25.3. The van der Waals surface area contributed by atoms with E-state index >= 15 is 0 Å². The SMILES string of the molecule is Cc1cc(C)c(S(=O)(=O)N2CCCC2C(=O)OCC(=O)N(CCC#N)CCC#N)c(C)c1. The van der Waals surface area contributed by atoms with E-state index in [1.807, 2.05) is 19.1 Å². The molecule has 2 rings (SSSR count). The molecule has 0 aliphatic carbocycles. The summed E-state index contributed by atoms with van der Waals surface area (Å²) in [6.45, 7) is 5.23. The molecule has 1 aromatic carbocycles. The van der Waals surface area contributed by atoms with Gasteiger partial charge in [0.15, 0.2) is 6.61 Å². The Bertz CT molecular complexity index is 1010. The van der Waals surface area contributed by atoms with Crippen LogP contribution in [-0.4, -0.2) is 61.8 Å². The van der Waals surface area contributed by atoms with Crippen molar-refractivity contribution in [3.63, 3.8) is 0 Å². The summed E-state index contributed by atoms with van der Waals surface area (Å²) >= 11 is 0. The fourth-order valence-electron chi connectivity index (χ4n) is 4.01. The number of ether oxygens (including phenoxy) is 1. The highest BCUT2D eigenvalue weighted by molar-refractivity contribution is 7.89. The number of nitrogens with zero attached hydrogens (tertiary/aromatic N) is 4. The van der Waals surface area contributed by atoms with Gasteiger partial charge in [0.2, 0.25) is 10.0 Å². The zero-order valence-corrected chi connectivity index (χ0v) is 19.4. The van der Waals surface area contributed by atoms with Crippen molar-refractivity contribution in [1.82, 2.24) is 9.21 Å². The Labute approximate surface area is 189 Å². The van der Waals surface area contributed by atoms with Crippen LogP contribution in [0.2, 0.25) is 0 Å². The van der Waals surface area contributed by atoms with Crippen molar-refractivity contribution in [3.8, 4) is 12.1 Å². The van der Waals surface area contributed by atoms with E-state index in [9.17, 15) is 18.0 Å². The minimum absolute atomic E-state index is 0.0923. The van der Waals surface area contributed by atoms with Crippen molar-refractivity contribution < 1.29 is 22.7 Å². The van der Waals surface area contributed by atoms with E-state index in [0.29, 0.717) is 24.0 Å². The molecule has 0 radical (unpaired) electrons. The molecule has 1 aliphatic rings. The molecule has 0 bridgehead atoms. The van der Waals surface area contributed by atoms with Gasteiger partial charge in [-0.1, -0.05) is 17.7 Å². The number of benzene rings is 1. The van der Waals surface area contributed by atoms with Gasteiger partial charge in [0.05, 0.1) is 29.9 Å². The van der Waals surface area contributed by atoms with Crippen LogP contribution in [0, 0.1) is 43.4 Å². The number of nitriles is 2. The van der Waals surface area contributed by atoms with Crippen molar-refractivity contribution in [1.29, 1.82) is 10.5 Å². The normalized spacial score (nSPS) is 16.2. The molecule has 10 heteroatoms. The van der Waals surface area contributed by atoms with Crippen LogP contribution in [-0.2, 0) is 24.3 Å². The molecule has 1 unspecified atom stereocenters. The van der Waals surface area contributed by atoms with E-state index in [1.165, 1.54) is 4.90 Å². The highest BCUT2D eigenvalue weighted by atomic mass is 32.2. The van der Waals surface area contributed by atoms with Gasteiger partial charge in [0, 0.05) is 19.6 Å². The van der Waals surface area contributed by atoms with Crippen molar-refractivity contribution in [3.05, 3.63) is 28.8 Å². The lowest BCUT2D eigenvalue weighted by molar-refractivity contribution is -0.154. The molecule has 1 aromatic rings. The van der Waals surface area contributed by atoms with Crippen LogP contribution in [0.15, 0.2) is 17.0 Å². The molecule has 0 aromatic heterocycles. The van der Waals surface area contributed by atoms with Crippen LogP contribution in [0.25, 0.3) is 0 Å². The second-order valence-corrected chi connectivity index (χ2v) is 9.63. The van der Waals surface area contributed by atoms with Gasteiger partial charge in [-0.25, -0.2) is 8.42 Å². The van der Waals surface area contributed by atoms with Crippen molar-refractivity contribution >= 4 is 21.9 Å². The minimum atomic E-state index is -3.92. The topological polar surface area (TPSA) is 132 Å². The van der Waals surface area contributed by atoms with Crippen molar-refractivity contribution in [2.75, 3.05) is 26.2 Å². The molecule has 1 saturated heterocycles. The Morgan fingerprint density at radius 3 is 2.22 bits per heavy atom. The Kier molecular flexibility index (Phi) is 8.76. The lowest BCUT2D eigenvalue weighted by Gasteiger charge is -2.25. The second-order valence-electron chi connectivity index (χ2n) is 7.81. The van der Waals surface area contributed by atoms with Crippen molar-refractivity contribution in [2.45, 2.75) is 57.4 Å². The van der Waals surface area contributed by atoms with Gasteiger partial charge in [0.25, 0.3) is 5.91 Å². The zero-order chi connectivity index (χ0) is 23.9. The molecule has 1 heterocycles. The monoisotopic (exact) mass is 460 g/mol. The van der Waals surface area contributed by atoms with E-state index in [2.05, 4.69) is 0 Å². The zero-order valence-electron chi connectivity index (χ0n) is 18.6. The van der Waals surface area contributed by atoms with Gasteiger partial charge < -0.3 is 9.64 Å². The highest BCUT2D eigenvalue weighted by Gasteiger charge is 2.41. The van der Waals surface area contributed by atoms with Crippen LogP contribution < -0.4 is 0 Å². The van der Waals surface area contributed by atoms with Gasteiger partial charge in [-0.05, 0) is 44.7 Å². The van der Waals surface area contributed by atoms with Gasteiger partial charge in [-0.15, -0.1) is 0 Å². The summed E-state index contributed by atoms with van der Waals surface area (Å²) in [7, 11) is -3.92. The molecule has 1 atom stereocenters. The van der Waals surface area contributed by atoms with Crippen LogP contribution >= 0.6 is 0 Å². The Morgan fingerprint density at radius 2 is 1.69 bits per heavy atom. The molecule has 0 saturated carbocycles. The number of carbonyl (C=O) groups is 2. The molecule has 9 nitrogen and oxygen atoms in total. The third-order valence-electron chi connectivity index (χ3n) is 5.32. The van der Waals surface area contributed by atoms with E-state index in [0.717, 1.165) is 9.87 Å². The number of hydrogen-bond donors (Lipinski definition) is 0. The number of amides is 1. The van der Waals surface area contributed by atoms with Crippen LogP contribution in [0.3, 0.4) is 0 Å². The Balaban J connectivity index is 2.13. The smallest absolute Gasteiger partial charge is 0.324 e. The summed E-state index contributed by atoms with van der Waals surface area (Å²) in [6, 6.07) is 6.44. The van der Waals surface area contributed by atoms with E-state index in [-0.39, 0.29) is 37.4 Å². The largest absolute Gasteiger partial charge is 0.454 e. The summed E-state index contributed by atoms with van der Waals surface area (Å²) in [5.41, 5.74) is 2.18. The summed E-state index contributed by atoms with van der Waals surface area (Å²) in [4.78, 5) is 26.6. The molecule has 0 N–H and O–H groups in total. The van der Waals surface area contributed by atoms with Gasteiger partial charge in [-0.2, -0.15) is 14.8 Å². The van der Waals surface area contributed by atoms with Crippen LogP contribution in [0.5, 0.6) is 0 Å². The minimum Gasteiger partial charge on any atom is -0.454 e. The van der Waals surface area contributed by atoms with E-state index in [4.69, 9.17) is 15.3 Å². The predicted molar refractivity (Wildman–Crippen MR) is 116 cm³/mol. The number of carbonyl (C=O) groups excluding carboxylic acids is 2. The Hall–Kier alpha value is -2.95. The maximum atomic E-state index is 13.4. The molecule has 1 fully saturated rings. The average Bonchev–Trinajstić information content (AvgIpc) is 3.22. The number of aryl methyl sites for hydroxylation is 3. The van der Waals surface area contributed by atoms with Gasteiger partial charge in [0.1, 0.15) is 6.04 Å². The standard InChI is InChI=1S/C22H28N4O5S/c1-16-13-17(2)21(18(3)14-16)32(29,30)26-12-4-7-19(26)22(28)31-15-20(27)25(10-5-8-23)11-6-9-24/h13-14,19H,4-7,10-12,15H2,1-3H3. The molecule has 172 valence electrons. The van der Waals surface area contributed by atoms with Crippen LogP contribution in [0.4, 0.5) is 0 Å². The van der Waals surface area contributed by atoms with E-state index < -0.39 is 34.5 Å². The molecular formula is C22H28N4O5S. The summed E-state index contributed by atoms with van der Waals surface area (Å²) in [6.07, 6.45) is 1.00. The third-order valence-corrected chi connectivity index (χ3v) is 7.54. The number of sulfonamides is 1. The second kappa shape index (κ2) is 11.1. The molecule has 32 heavy (non-hydrogen) atoms. The molecule has 0 spiro atoms. The lowest BCUT2D eigenvalue weighted by Crippen LogP contribution is -2.43. The quantitative estimate of drug-likeness (QED) is 0.515. The van der Waals surface area contributed by atoms with Crippen LogP contribution in [0.1, 0.15) is 42.4 Å². The predicted octanol–water partition coefficient (Wildman–Crippen LogP) is 1.96. The summed E-state index contributed by atoms with van der Waals surface area (Å²) < 4.78 is 33.1. The van der Waals surface area contributed by atoms with Gasteiger partial charge in [-0.3, -0.25) is 9.59 Å². The third kappa shape index (κ3) is 5.84. The van der Waals surface area contributed by atoms with Crippen molar-refractivity contribution in [2.24, 2.45) is 0 Å². The molecule has 1 aliphatic heterocycles. The average molecular weight is 461 g/mol. The van der Waals surface area contributed by atoms with E-state index in [1.54, 1.807) is 26.0 Å². The Morgan fingerprint density at radius 1 is 1.12 bits per heavy atom.